The van der Waals surface area contributed by atoms with Gasteiger partial charge in [0.25, 0.3) is 0 Å². The molecule has 88 valence electrons. The molecule has 0 aliphatic carbocycles. The van der Waals surface area contributed by atoms with Crippen molar-refractivity contribution < 1.29 is 4.74 Å². The summed E-state index contributed by atoms with van der Waals surface area (Å²) in [5, 5.41) is 8.96. The lowest BCUT2D eigenvalue weighted by Gasteiger charge is -2.04. The monoisotopic (exact) mass is 238 g/mol. The molecule has 1 aromatic rings. The Morgan fingerprint density at radius 1 is 1.38 bits per heavy atom. The van der Waals surface area contributed by atoms with Crippen LogP contribution in [0.15, 0.2) is 29.8 Å². The van der Waals surface area contributed by atoms with Crippen LogP contribution >= 0.6 is 11.8 Å². The fourth-order valence-electron chi connectivity index (χ4n) is 1.13. The third-order valence-electron chi connectivity index (χ3n) is 1.96. The fraction of sp³-hybridized carbons (Fsp3) is 0.500. The molecule has 16 heavy (non-hydrogen) atoms. The van der Waals surface area contributed by atoms with Crippen LogP contribution in [0, 0.1) is 0 Å². The van der Waals surface area contributed by atoms with Gasteiger partial charge in [-0.25, -0.2) is 0 Å². The third-order valence-corrected chi connectivity index (χ3v) is 2.88. The summed E-state index contributed by atoms with van der Waals surface area (Å²) in [7, 11) is 0. The van der Waals surface area contributed by atoms with Gasteiger partial charge in [0.2, 0.25) is 5.88 Å². The number of rotatable bonds is 8. The van der Waals surface area contributed by atoms with Crippen molar-refractivity contribution in [3.63, 3.8) is 0 Å². The molecule has 1 heterocycles. The number of unbranched alkanes of at least 4 members (excludes halogenated alkanes) is 2. The Morgan fingerprint density at radius 3 is 2.88 bits per heavy atom. The Hall–Kier alpha value is -1.03. The van der Waals surface area contributed by atoms with E-state index >= 15 is 0 Å². The van der Waals surface area contributed by atoms with Gasteiger partial charge < -0.3 is 4.74 Å². The standard InChI is InChI=1S/C12H18N2OS/c1-3-5-6-9-15-11-7-8-12(14-13-11)16-10-4-2/h4,7-8H,2-3,5-6,9-10H2,1H3. The van der Waals surface area contributed by atoms with Crippen molar-refractivity contribution in [3.05, 3.63) is 24.8 Å². The summed E-state index contributed by atoms with van der Waals surface area (Å²) in [6.45, 7) is 6.55. The molecule has 0 atom stereocenters. The van der Waals surface area contributed by atoms with Crippen LogP contribution in [-0.2, 0) is 0 Å². The smallest absolute Gasteiger partial charge is 0.233 e. The summed E-state index contributed by atoms with van der Waals surface area (Å²) in [5.74, 6) is 1.46. The second-order valence-corrected chi connectivity index (χ2v) is 4.41. The molecule has 0 N–H and O–H groups in total. The number of hydrogen-bond donors (Lipinski definition) is 0. The van der Waals surface area contributed by atoms with Crippen molar-refractivity contribution in [3.8, 4) is 5.88 Å². The Bertz CT molecular complexity index is 300. The van der Waals surface area contributed by atoms with Crippen molar-refractivity contribution in [1.29, 1.82) is 0 Å². The van der Waals surface area contributed by atoms with Gasteiger partial charge in [-0.05, 0) is 12.5 Å². The number of nitrogens with zero attached hydrogens (tertiary/aromatic N) is 2. The number of hydrogen-bond acceptors (Lipinski definition) is 4. The molecule has 0 bridgehead atoms. The molecule has 0 spiro atoms. The summed E-state index contributed by atoms with van der Waals surface area (Å²) in [5.41, 5.74) is 0. The van der Waals surface area contributed by atoms with Crippen molar-refractivity contribution in [2.45, 2.75) is 31.2 Å². The van der Waals surface area contributed by atoms with Crippen LogP contribution < -0.4 is 4.74 Å². The zero-order valence-corrected chi connectivity index (χ0v) is 10.5. The number of ether oxygens (including phenoxy) is 1. The molecule has 0 fully saturated rings. The van der Waals surface area contributed by atoms with Crippen LogP contribution in [0.5, 0.6) is 5.88 Å². The molecule has 1 aromatic heterocycles. The largest absolute Gasteiger partial charge is 0.477 e. The van der Waals surface area contributed by atoms with Gasteiger partial charge in [-0.15, -0.1) is 28.5 Å². The quantitative estimate of drug-likeness (QED) is 0.395. The summed E-state index contributed by atoms with van der Waals surface area (Å²) in [4.78, 5) is 0. The van der Waals surface area contributed by atoms with Crippen LogP contribution in [0.1, 0.15) is 26.2 Å². The van der Waals surface area contributed by atoms with Crippen LogP contribution in [0.25, 0.3) is 0 Å². The average molecular weight is 238 g/mol. The topological polar surface area (TPSA) is 35.0 Å². The maximum absolute atomic E-state index is 5.46. The van der Waals surface area contributed by atoms with Crippen LogP contribution in [-0.4, -0.2) is 22.6 Å². The van der Waals surface area contributed by atoms with Crippen molar-refractivity contribution in [2.24, 2.45) is 0 Å². The SMILES string of the molecule is C=CCSc1ccc(OCCCCC)nn1. The molecular formula is C12H18N2OS. The molecule has 0 saturated heterocycles. The summed E-state index contributed by atoms with van der Waals surface area (Å²) < 4.78 is 5.46. The van der Waals surface area contributed by atoms with Crippen LogP contribution in [0.4, 0.5) is 0 Å². The Morgan fingerprint density at radius 2 is 2.25 bits per heavy atom. The van der Waals surface area contributed by atoms with E-state index in [0.717, 1.165) is 23.8 Å². The average Bonchev–Trinajstić information content (AvgIpc) is 2.33. The van der Waals surface area contributed by atoms with Gasteiger partial charge >= 0.3 is 0 Å². The van der Waals surface area contributed by atoms with Crippen molar-refractivity contribution >= 4 is 11.8 Å². The first-order chi connectivity index (χ1) is 7.86. The second-order valence-electron chi connectivity index (χ2n) is 3.37. The highest BCUT2D eigenvalue weighted by atomic mass is 32.2. The van der Waals surface area contributed by atoms with E-state index in [4.69, 9.17) is 4.74 Å². The molecule has 4 heteroatoms. The van der Waals surface area contributed by atoms with Crippen LogP contribution in [0.2, 0.25) is 0 Å². The summed E-state index contributed by atoms with van der Waals surface area (Å²) >= 11 is 1.61. The van der Waals surface area contributed by atoms with E-state index in [-0.39, 0.29) is 0 Å². The van der Waals surface area contributed by atoms with E-state index in [1.165, 1.54) is 12.8 Å². The minimum absolute atomic E-state index is 0.610. The molecule has 0 unspecified atom stereocenters. The van der Waals surface area contributed by atoms with Crippen LogP contribution in [0.3, 0.4) is 0 Å². The maximum atomic E-state index is 5.46. The van der Waals surface area contributed by atoms with Gasteiger partial charge in [0, 0.05) is 11.8 Å². The number of thioether (sulfide) groups is 1. The molecule has 3 nitrogen and oxygen atoms in total. The zero-order valence-electron chi connectivity index (χ0n) is 9.69. The first-order valence-corrected chi connectivity index (χ1v) is 6.55. The minimum atomic E-state index is 0.610. The highest BCUT2D eigenvalue weighted by Crippen LogP contribution is 2.16. The lowest BCUT2D eigenvalue weighted by atomic mass is 10.3. The fourth-order valence-corrected chi connectivity index (χ4v) is 1.69. The molecule has 0 aliphatic rings. The lowest BCUT2D eigenvalue weighted by molar-refractivity contribution is 0.290. The molecule has 0 amide bonds. The first kappa shape index (κ1) is 13.0. The molecule has 0 aromatic carbocycles. The summed E-state index contributed by atoms with van der Waals surface area (Å²) in [6.07, 6.45) is 5.32. The van der Waals surface area contributed by atoms with Gasteiger partial charge in [0.15, 0.2) is 0 Å². The molecule has 0 saturated carbocycles. The van der Waals surface area contributed by atoms with E-state index in [9.17, 15) is 0 Å². The highest BCUT2D eigenvalue weighted by Gasteiger charge is 1.98. The lowest BCUT2D eigenvalue weighted by Crippen LogP contribution is -2.00. The predicted molar refractivity (Wildman–Crippen MR) is 68.0 cm³/mol. The van der Waals surface area contributed by atoms with E-state index in [1.807, 2.05) is 18.2 Å². The van der Waals surface area contributed by atoms with E-state index in [0.29, 0.717) is 5.88 Å². The predicted octanol–water partition coefficient (Wildman–Crippen LogP) is 3.32. The van der Waals surface area contributed by atoms with Crippen molar-refractivity contribution in [1.82, 2.24) is 10.2 Å². The molecule has 1 rings (SSSR count). The van der Waals surface area contributed by atoms with Gasteiger partial charge in [-0.2, -0.15) is 0 Å². The van der Waals surface area contributed by atoms with Gasteiger partial charge in [0.1, 0.15) is 5.03 Å². The zero-order chi connectivity index (χ0) is 11.6. The first-order valence-electron chi connectivity index (χ1n) is 5.57. The molecule has 0 radical (unpaired) electrons. The third kappa shape index (κ3) is 5.16. The second kappa shape index (κ2) is 8.16. The van der Waals surface area contributed by atoms with Crippen molar-refractivity contribution in [2.75, 3.05) is 12.4 Å². The normalized spacial score (nSPS) is 10.1. The Balaban J connectivity index is 2.30. The van der Waals surface area contributed by atoms with E-state index in [1.54, 1.807) is 11.8 Å². The Kier molecular flexibility index (Phi) is 6.65. The summed E-state index contributed by atoms with van der Waals surface area (Å²) in [6, 6.07) is 3.79. The van der Waals surface area contributed by atoms with E-state index < -0.39 is 0 Å². The minimum Gasteiger partial charge on any atom is -0.477 e. The van der Waals surface area contributed by atoms with Gasteiger partial charge in [-0.3, -0.25) is 0 Å². The molecule has 0 aliphatic heterocycles. The van der Waals surface area contributed by atoms with Gasteiger partial charge in [0.05, 0.1) is 6.61 Å². The molecular weight excluding hydrogens is 220 g/mol. The van der Waals surface area contributed by atoms with E-state index in [2.05, 4.69) is 23.7 Å². The number of aromatic nitrogens is 2. The maximum Gasteiger partial charge on any atom is 0.233 e. The van der Waals surface area contributed by atoms with Gasteiger partial charge in [-0.1, -0.05) is 25.8 Å². The Labute approximate surface area is 101 Å². The highest BCUT2D eigenvalue weighted by molar-refractivity contribution is 7.99.